The molecule has 0 radical (unpaired) electrons. The molecule has 4 aromatic rings. The van der Waals surface area contributed by atoms with Crippen molar-refractivity contribution in [1.82, 2.24) is 0 Å². The number of rotatable bonds is 6. The topological polar surface area (TPSA) is 34.1 Å². The molecule has 0 amide bonds. The lowest BCUT2D eigenvalue weighted by Gasteiger charge is -2.28. The van der Waals surface area contributed by atoms with Gasteiger partial charge in [0.2, 0.25) is 0 Å². The van der Waals surface area contributed by atoms with Crippen LogP contribution in [0, 0.1) is 0 Å². The molecule has 0 spiro atoms. The van der Waals surface area contributed by atoms with Crippen LogP contribution in [-0.2, 0) is 16.4 Å². The second kappa shape index (κ2) is 8.92. The Morgan fingerprint density at radius 2 is 1.10 bits per heavy atom. The van der Waals surface area contributed by atoms with Crippen LogP contribution in [0.15, 0.2) is 114 Å². The van der Waals surface area contributed by atoms with Gasteiger partial charge in [-0.25, -0.2) is 0 Å². The average molecular weight is 470 g/mol. The average Bonchev–Trinajstić information content (AvgIpc) is 2.79. The monoisotopic (exact) mass is 469 g/mol. The molecule has 0 saturated heterocycles. The highest BCUT2D eigenvalue weighted by Crippen LogP contribution is 2.58. The van der Waals surface area contributed by atoms with E-state index in [1.807, 2.05) is 54.6 Å². The minimum atomic E-state index is -4.94. The van der Waals surface area contributed by atoms with Crippen molar-refractivity contribution in [3.05, 3.63) is 120 Å². The molecule has 0 aromatic heterocycles. The molecule has 0 aliphatic heterocycles. The molecule has 0 N–H and O–H groups in total. The van der Waals surface area contributed by atoms with Crippen LogP contribution in [0.2, 0.25) is 5.02 Å². The quantitative estimate of drug-likeness (QED) is 0.276. The van der Waals surface area contributed by atoms with Crippen LogP contribution >= 0.6 is 18.9 Å². The third-order valence-corrected chi connectivity index (χ3v) is 10.8. The van der Waals surface area contributed by atoms with E-state index >= 15 is 0 Å². The molecule has 156 valence electrons. The van der Waals surface area contributed by atoms with Crippen LogP contribution in [-0.4, -0.2) is 8.42 Å². The van der Waals surface area contributed by atoms with E-state index in [0.29, 0.717) is 11.7 Å². The van der Waals surface area contributed by atoms with Gasteiger partial charge in [-0.1, -0.05) is 72.3 Å². The summed E-state index contributed by atoms with van der Waals surface area (Å²) in [5.74, 6) is 0. The fraction of sp³-hybridized carbons (Fsp3) is 0.0400. The van der Waals surface area contributed by atoms with Gasteiger partial charge >= 0.3 is 10.2 Å². The molecular formula is C25H20ClFO2PS+. The van der Waals surface area contributed by atoms with Crippen molar-refractivity contribution >= 4 is 45.0 Å². The molecule has 0 saturated carbocycles. The van der Waals surface area contributed by atoms with Crippen molar-refractivity contribution in [2.24, 2.45) is 0 Å². The molecule has 2 nitrogen and oxygen atoms in total. The summed E-state index contributed by atoms with van der Waals surface area (Å²) in [4.78, 5) is -0.368. The van der Waals surface area contributed by atoms with Gasteiger partial charge in [-0.2, -0.15) is 8.42 Å². The van der Waals surface area contributed by atoms with Gasteiger partial charge in [-0.15, -0.1) is 3.89 Å². The van der Waals surface area contributed by atoms with E-state index in [4.69, 9.17) is 11.6 Å². The summed E-state index contributed by atoms with van der Waals surface area (Å²) in [5, 5.41) is 3.45. The zero-order valence-electron chi connectivity index (χ0n) is 16.5. The second-order valence-corrected chi connectivity index (χ2v) is 12.4. The van der Waals surface area contributed by atoms with E-state index in [1.54, 1.807) is 12.1 Å². The molecule has 0 heterocycles. The first kappa shape index (κ1) is 21.7. The summed E-state index contributed by atoms with van der Waals surface area (Å²) in [6, 6.07) is 34.5. The fourth-order valence-electron chi connectivity index (χ4n) is 3.91. The Morgan fingerprint density at radius 1 is 0.677 bits per heavy atom. The number of hydrogen-bond acceptors (Lipinski definition) is 2. The SMILES string of the molecule is O=S(=O)(F)c1cc(Cl)ccc1C[P+](c1ccccc1)(c1ccccc1)c1ccccc1. The molecule has 4 rings (SSSR count). The van der Waals surface area contributed by atoms with Gasteiger partial charge < -0.3 is 0 Å². The van der Waals surface area contributed by atoms with E-state index in [0.717, 1.165) is 15.9 Å². The summed E-state index contributed by atoms with van der Waals surface area (Å²) in [6.07, 6.45) is 0.348. The van der Waals surface area contributed by atoms with Crippen LogP contribution in [0.1, 0.15) is 5.56 Å². The van der Waals surface area contributed by atoms with Gasteiger partial charge in [0, 0.05) is 10.6 Å². The summed E-state index contributed by atoms with van der Waals surface area (Å²) in [5.41, 5.74) is 0.414. The van der Waals surface area contributed by atoms with Crippen molar-refractivity contribution in [2.45, 2.75) is 11.1 Å². The van der Waals surface area contributed by atoms with Crippen LogP contribution in [0.25, 0.3) is 0 Å². The Morgan fingerprint density at radius 3 is 1.48 bits per heavy atom. The number of hydrogen-bond donors (Lipinski definition) is 0. The first-order chi connectivity index (χ1) is 14.9. The predicted octanol–water partition coefficient (Wildman–Crippen LogP) is 5.49. The highest BCUT2D eigenvalue weighted by Gasteiger charge is 2.46. The van der Waals surface area contributed by atoms with Gasteiger partial charge in [0.25, 0.3) is 0 Å². The lowest BCUT2D eigenvalue weighted by Crippen LogP contribution is -2.32. The zero-order valence-corrected chi connectivity index (χ0v) is 19.0. The van der Waals surface area contributed by atoms with E-state index in [1.165, 1.54) is 6.07 Å². The summed E-state index contributed by atoms with van der Waals surface area (Å²) in [7, 11) is -7.30. The molecule has 4 aromatic carbocycles. The summed E-state index contributed by atoms with van der Waals surface area (Å²) in [6.45, 7) is 0. The van der Waals surface area contributed by atoms with Gasteiger partial charge in [0.1, 0.15) is 28.1 Å². The maximum Gasteiger partial charge on any atom is 0.332 e. The van der Waals surface area contributed by atoms with Crippen molar-refractivity contribution < 1.29 is 12.3 Å². The number of halogens is 2. The van der Waals surface area contributed by atoms with E-state index in [-0.39, 0.29) is 9.92 Å². The Bertz CT molecular complexity index is 1180. The molecule has 0 unspecified atom stereocenters. The molecule has 0 aliphatic rings. The third kappa shape index (κ3) is 4.43. The standard InChI is InChI=1S/C25H20ClFO2PS/c26-21-17-16-20(25(18-21)31(27,28)29)19-30(22-10-4-1-5-11-22,23-12-6-2-7-13-23)24-14-8-3-9-15-24/h1-18H,19H2/q+1. The van der Waals surface area contributed by atoms with Crippen molar-refractivity contribution in [3.8, 4) is 0 Å². The van der Waals surface area contributed by atoms with Crippen LogP contribution < -0.4 is 15.9 Å². The predicted molar refractivity (Wildman–Crippen MR) is 129 cm³/mol. The second-order valence-electron chi connectivity index (χ2n) is 7.16. The Labute approximate surface area is 187 Å². The highest BCUT2D eigenvalue weighted by atomic mass is 35.5. The maximum atomic E-state index is 14.3. The van der Waals surface area contributed by atoms with Crippen molar-refractivity contribution in [1.29, 1.82) is 0 Å². The largest absolute Gasteiger partial charge is 0.332 e. The zero-order chi connectivity index (χ0) is 21.9. The molecule has 6 heteroatoms. The van der Waals surface area contributed by atoms with E-state index < -0.39 is 17.5 Å². The van der Waals surface area contributed by atoms with Crippen molar-refractivity contribution in [3.63, 3.8) is 0 Å². The van der Waals surface area contributed by atoms with Gasteiger partial charge in [0.15, 0.2) is 0 Å². The highest BCUT2D eigenvalue weighted by molar-refractivity contribution is 7.95. The minimum Gasteiger partial charge on any atom is -0.189 e. The van der Waals surface area contributed by atoms with Gasteiger partial charge in [-0.05, 0) is 48.5 Å². The fourth-order valence-corrected chi connectivity index (χ4v) is 9.25. The molecule has 0 atom stereocenters. The normalized spacial score (nSPS) is 11.9. The van der Waals surface area contributed by atoms with E-state index in [9.17, 15) is 12.3 Å². The molecule has 0 aliphatic carbocycles. The maximum absolute atomic E-state index is 14.3. The number of benzene rings is 4. The smallest absolute Gasteiger partial charge is 0.189 e. The summed E-state index contributed by atoms with van der Waals surface area (Å²) < 4.78 is 38.2. The first-order valence-corrected chi connectivity index (χ1v) is 13.4. The van der Waals surface area contributed by atoms with Crippen LogP contribution in [0.5, 0.6) is 0 Å². The minimum absolute atomic E-state index is 0.183. The summed E-state index contributed by atoms with van der Waals surface area (Å²) >= 11 is 6.02. The van der Waals surface area contributed by atoms with Crippen LogP contribution in [0.4, 0.5) is 3.89 Å². The van der Waals surface area contributed by atoms with E-state index in [2.05, 4.69) is 36.4 Å². The van der Waals surface area contributed by atoms with Crippen molar-refractivity contribution in [2.75, 3.05) is 0 Å². The molecule has 0 bridgehead atoms. The molecular weight excluding hydrogens is 450 g/mol. The van der Waals surface area contributed by atoms with Gasteiger partial charge in [0.05, 0.1) is 6.16 Å². The van der Waals surface area contributed by atoms with Crippen LogP contribution in [0.3, 0.4) is 0 Å². The third-order valence-electron chi connectivity index (χ3n) is 5.29. The van der Waals surface area contributed by atoms with Gasteiger partial charge in [-0.3, -0.25) is 0 Å². The Hall–Kier alpha value is -2.52. The lowest BCUT2D eigenvalue weighted by atomic mass is 10.2. The molecule has 0 fully saturated rings. The Kier molecular flexibility index (Phi) is 6.24. The Balaban J connectivity index is 2.05. The molecule has 31 heavy (non-hydrogen) atoms. The first-order valence-electron chi connectivity index (χ1n) is 9.69. The lowest BCUT2D eigenvalue weighted by molar-refractivity contribution is 0.551.